The zero-order valence-electron chi connectivity index (χ0n) is 8.06. The minimum atomic E-state index is 0.269. The van der Waals surface area contributed by atoms with E-state index in [0.717, 1.165) is 32.0 Å². The third-order valence-corrected chi connectivity index (χ3v) is 3.11. The van der Waals surface area contributed by atoms with E-state index in [4.69, 9.17) is 10.5 Å². The van der Waals surface area contributed by atoms with Crippen molar-refractivity contribution in [3.8, 4) is 0 Å². The Hall–Kier alpha value is -0.490. The third kappa shape index (κ3) is 2.12. The molecule has 1 atom stereocenters. The number of rotatable bonds is 3. The molecular weight excluding hydrogens is 198 g/mol. The van der Waals surface area contributed by atoms with Gasteiger partial charge in [-0.25, -0.2) is 4.98 Å². The third-order valence-electron chi connectivity index (χ3n) is 2.50. The maximum atomic E-state index is 5.78. The van der Waals surface area contributed by atoms with Crippen LogP contribution in [0.1, 0.15) is 11.7 Å². The van der Waals surface area contributed by atoms with Gasteiger partial charge in [0.2, 0.25) is 0 Å². The summed E-state index contributed by atoms with van der Waals surface area (Å²) >= 11 is 1.62. The highest BCUT2D eigenvalue weighted by Crippen LogP contribution is 2.20. The first-order chi connectivity index (χ1) is 6.92. The predicted molar refractivity (Wildman–Crippen MR) is 56.3 cm³/mol. The molecule has 1 fully saturated rings. The van der Waals surface area contributed by atoms with Gasteiger partial charge in [0.25, 0.3) is 0 Å². The normalized spacial score (nSPS) is 20.9. The number of aromatic nitrogens is 1. The average molecular weight is 213 g/mol. The Bertz CT molecular complexity index is 259. The Morgan fingerprint density at radius 1 is 1.57 bits per heavy atom. The molecule has 5 heteroatoms. The molecule has 1 unspecified atom stereocenters. The van der Waals surface area contributed by atoms with Crippen molar-refractivity contribution in [3.63, 3.8) is 0 Å². The van der Waals surface area contributed by atoms with E-state index in [-0.39, 0.29) is 6.04 Å². The minimum Gasteiger partial charge on any atom is -0.379 e. The highest BCUT2D eigenvalue weighted by Gasteiger charge is 2.22. The SMILES string of the molecule is NCC(c1cscn1)N1CCOCC1. The first kappa shape index (κ1) is 10.0. The Morgan fingerprint density at radius 2 is 2.36 bits per heavy atom. The fourth-order valence-corrected chi connectivity index (χ4v) is 2.33. The Morgan fingerprint density at radius 3 is 2.93 bits per heavy atom. The van der Waals surface area contributed by atoms with E-state index in [1.54, 1.807) is 11.3 Å². The number of hydrogen-bond donors (Lipinski definition) is 1. The lowest BCUT2D eigenvalue weighted by Gasteiger charge is -2.32. The molecule has 0 bridgehead atoms. The maximum Gasteiger partial charge on any atom is 0.0795 e. The van der Waals surface area contributed by atoms with Gasteiger partial charge in [-0.15, -0.1) is 11.3 Å². The monoisotopic (exact) mass is 213 g/mol. The van der Waals surface area contributed by atoms with Gasteiger partial charge in [-0.1, -0.05) is 0 Å². The maximum absolute atomic E-state index is 5.78. The average Bonchev–Trinajstić information content (AvgIpc) is 2.74. The van der Waals surface area contributed by atoms with E-state index < -0.39 is 0 Å². The lowest BCUT2D eigenvalue weighted by molar-refractivity contribution is 0.0172. The summed E-state index contributed by atoms with van der Waals surface area (Å²) in [5.41, 5.74) is 8.73. The predicted octanol–water partition coefficient (Wildman–Crippen LogP) is 0.475. The number of nitrogens with zero attached hydrogens (tertiary/aromatic N) is 2. The van der Waals surface area contributed by atoms with Crippen molar-refractivity contribution in [2.45, 2.75) is 6.04 Å². The van der Waals surface area contributed by atoms with Crippen molar-refractivity contribution in [1.29, 1.82) is 0 Å². The van der Waals surface area contributed by atoms with Crippen LogP contribution >= 0.6 is 11.3 Å². The topological polar surface area (TPSA) is 51.4 Å². The molecule has 2 N–H and O–H groups in total. The summed E-state index contributed by atoms with van der Waals surface area (Å²) < 4.78 is 5.31. The van der Waals surface area contributed by atoms with Crippen molar-refractivity contribution < 1.29 is 4.74 Å². The first-order valence-electron chi connectivity index (χ1n) is 4.82. The zero-order chi connectivity index (χ0) is 9.80. The molecule has 0 aromatic carbocycles. The lowest BCUT2D eigenvalue weighted by Crippen LogP contribution is -2.41. The Labute approximate surface area is 87.7 Å². The summed E-state index contributed by atoms with van der Waals surface area (Å²) in [4.78, 5) is 6.66. The highest BCUT2D eigenvalue weighted by molar-refractivity contribution is 7.07. The molecule has 1 aromatic heterocycles. The zero-order valence-corrected chi connectivity index (χ0v) is 8.87. The van der Waals surface area contributed by atoms with Gasteiger partial charge in [0.1, 0.15) is 0 Å². The van der Waals surface area contributed by atoms with Gasteiger partial charge in [0, 0.05) is 25.0 Å². The van der Waals surface area contributed by atoms with Crippen LogP contribution in [-0.2, 0) is 4.74 Å². The number of nitrogens with two attached hydrogens (primary N) is 1. The quantitative estimate of drug-likeness (QED) is 0.793. The largest absolute Gasteiger partial charge is 0.379 e. The summed E-state index contributed by atoms with van der Waals surface area (Å²) in [5.74, 6) is 0. The van der Waals surface area contributed by atoms with Crippen LogP contribution in [0.5, 0.6) is 0 Å². The molecule has 0 amide bonds. The molecule has 2 heterocycles. The summed E-state index contributed by atoms with van der Waals surface area (Å²) in [6.45, 7) is 4.16. The van der Waals surface area contributed by atoms with E-state index in [0.29, 0.717) is 6.54 Å². The van der Waals surface area contributed by atoms with Gasteiger partial charge in [-0.05, 0) is 0 Å². The molecule has 78 valence electrons. The highest BCUT2D eigenvalue weighted by atomic mass is 32.1. The van der Waals surface area contributed by atoms with Gasteiger partial charge >= 0.3 is 0 Å². The molecule has 4 nitrogen and oxygen atoms in total. The summed E-state index contributed by atoms with van der Waals surface area (Å²) in [6, 6.07) is 0.269. The number of hydrogen-bond acceptors (Lipinski definition) is 5. The fourth-order valence-electron chi connectivity index (χ4n) is 1.73. The molecule has 1 saturated heterocycles. The van der Waals surface area contributed by atoms with Crippen molar-refractivity contribution in [2.75, 3.05) is 32.8 Å². The van der Waals surface area contributed by atoms with Gasteiger partial charge in [0.05, 0.1) is 30.5 Å². The van der Waals surface area contributed by atoms with Gasteiger partial charge in [-0.2, -0.15) is 0 Å². The van der Waals surface area contributed by atoms with Crippen LogP contribution in [-0.4, -0.2) is 42.7 Å². The smallest absolute Gasteiger partial charge is 0.0795 e. The molecular formula is C9H15N3OS. The van der Waals surface area contributed by atoms with Crippen LogP contribution in [0.15, 0.2) is 10.9 Å². The lowest BCUT2D eigenvalue weighted by atomic mass is 10.2. The van der Waals surface area contributed by atoms with Crippen molar-refractivity contribution >= 4 is 11.3 Å². The number of thiazole rings is 1. The molecule has 1 aliphatic heterocycles. The molecule has 14 heavy (non-hydrogen) atoms. The van der Waals surface area contributed by atoms with E-state index in [1.807, 2.05) is 5.51 Å². The number of morpholine rings is 1. The van der Waals surface area contributed by atoms with Crippen LogP contribution < -0.4 is 5.73 Å². The van der Waals surface area contributed by atoms with Gasteiger partial charge in [-0.3, -0.25) is 4.90 Å². The fraction of sp³-hybridized carbons (Fsp3) is 0.667. The Kier molecular flexibility index (Phi) is 3.47. The van der Waals surface area contributed by atoms with Crippen LogP contribution in [0.2, 0.25) is 0 Å². The molecule has 0 radical (unpaired) electrons. The Balaban J connectivity index is 2.04. The van der Waals surface area contributed by atoms with Crippen LogP contribution in [0.4, 0.5) is 0 Å². The first-order valence-corrected chi connectivity index (χ1v) is 5.76. The second kappa shape index (κ2) is 4.84. The minimum absolute atomic E-state index is 0.269. The molecule has 1 aromatic rings. The van der Waals surface area contributed by atoms with Gasteiger partial charge < -0.3 is 10.5 Å². The summed E-state index contributed by atoms with van der Waals surface area (Å²) in [6.07, 6.45) is 0. The van der Waals surface area contributed by atoms with Crippen molar-refractivity contribution in [1.82, 2.24) is 9.88 Å². The second-order valence-electron chi connectivity index (χ2n) is 3.31. The molecule has 0 aliphatic carbocycles. The van der Waals surface area contributed by atoms with E-state index in [9.17, 15) is 0 Å². The molecule has 0 spiro atoms. The summed E-state index contributed by atoms with van der Waals surface area (Å²) in [5, 5.41) is 2.08. The van der Waals surface area contributed by atoms with E-state index in [1.165, 1.54) is 0 Å². The van der Waals surface area contributed by atoms with Crippen LogP contribution in [0.3, 0.4) is 0 Å². The van der Waals surface area contributed by atoms with Crippen LogP contribution in [0.25, 0.3) is 0 Å². The van der Waals surface area contributed by atoms with E-state index >= 15 is 0 Å². The van der Waals surface area contributed by atoms with E-state index in [2.05, 4.69) is 15.3 Å². The van der Waals surface area contributed by atoms with Crippen molar-refractivity contribution in [2.24, 2.45) is 5.73 Å². The molecule has 0 saturated carbocycles. The summed E-state index contributed by atoms with van der Waals surface area (Å²) in [7, 11) is 0. The van der Waals surface area contributed by atoms with Crippen LogP contribution in [0, 0.1) is 0 Å². The van der Waals surface area contributed by atoms with Gasteiger partial charge in [0.15, 0.2) is 0 Å². The van der Waals surface area contributed by atoms with Crippen molar-refractivity contribution in [3.05, 3.63) is 16.6 Å². The standard InChI is InChI=1S/C9H15N3OS/c10-5-9(8-6-14-7-11-8)12-1-3-13-4-2-12/h6-7,9H,1-5,10H2. The number of ether oxygens (including phenoxy) is 1. The molecule has 2 rings (SSSR count). The molecule has 1 aliphatic rings. The second-order valence-corrected chi connectivity index (χ2v) is 4.03.